The van der Waals surface area contributed by atoms with Crippen LogP contribution in [0.2, 0.25) is 0 Å². The average molecular weight is 297 g/mol. The van der Waals surface area contributed by atoms with Crippen LogP contribution in [0, 0.1) is 5.82 Å². The summed E-state index contributed by atoms with van der Waals surface area (Å²) in [4.78, 5) is 0. The van der Waals surface area contributed by atoms with E-state index in [1.165, 1.54) is 24.3 Å². The van der Waals surface area contributed by atoms with E-state index in [1.54, 1.807) is 12.1 Å². The van der Waals surface area contributed by atoms with Gasteiger partial charge in [-0.05, 0) is 36.4 Å². The van der Waals surface area contributed by atoms with Crippen LogP contribution in [0.1, 0.15) is 5.56 Å². The van der Waals surface area contributed by atoms with Crippen molar-refractivity contribution in [2.24, 2.45) is 0 Å². The molecule has 0 radical (unpaired) electrons. The Hall–Kier alpha value is -1.39. The molecule has 2 aromatic rings. The average Bonchev–Trinajstić information content (AvgIpc) is 2.32. The Morgan fingerprint density at radius 3 is 2.47 bits per heavy atom. The van der Waals surface area contributed by atoms with Gasteiger partial charge in [0.05, 0.1) is 6.61 Å². The number of aliphatic hydroxyl groups excluding tert-OH is 1. The van der Waals surface area contributed by atoms with Crippen LogP contribution in [0.5, 0.6) is 11.5 Å². The smallest absolute Gasteiger partial charge is 0.134 e. The maximum Gasteiger partial charge on any atom is 0.134 e. The van der Waals surface area contributed by atoms with Crippen LogP contribution < -0.4 is 4.74 Å². The first-order chi connectivity index (χ1) is 8.19. The van der Waals surface area contributed by atoms with Gasteiger partial charge in [-0.25, -0.2) is 4.39 Å². The van der Waals surface area contributed by atoms with Crippen molar-refractivity contribution in [1.29, 1.82) is 0 Å². The molecule has 0 spiro atoms. The van der Waals surface area contributed by atoms with Crippen LogP contribution >= 0.6 is 15.9 Å². The molecule has 0 amide bonds. The highest BCUT2D eigenvalue weighted by Gasteiger charge is 2.05. The van der Waals surface area contributed by atoms with Crippen LogP contribution in [0.15, 0.2) is 46.9 Å². The van der Waals surface area contributed by atoms with E-state index in [4.69, 9.17) is 4.74 Å². The van der Waals surface area contributed by atoms with Gasteiger partial charge in [0.2, 0.25) is 0 Å². The molecule has 0 aromatic heterocycles. The van der Waals surface area contributed by atoms with Crippen LogP contribution in [0.4, 0.5) is 4.39 Å². The van der Waals surface area contributed by atoms with Gasteiger partial charge < -0.3 is 9.84 Å². The van der Waals surface area contributed by atoms with Crippen molar-refractivity contribution < 1.29 is 14.2 Å². The first-order valence-electron chi connectivity index (χ1n) is 5.02. The minimum absolute atomic E-state index is 0.107. The van der Waals surface area contributed by atoms with Crippen molar-refractivity contribution >= 4 is 15.9 Å². The van der Waals surface area contributed by atoms with Crippen molar-refractivity contribution in [3.8, 4) is 11.5 Å². The molecule has 0 heterocycles. The summed E-state index contributed by atoms with van der Waals surface area (Å²) in [5, 5.41) is 9.18. The highest BCUT2D eigenvalue weighted by Crippen LogP contribution is 2.28. The molecular weight excluding hydrogens is 287 g/mol. The molecular formula is C13H10BrFO2. The zero-order chi connectivity index (χ0) is 12.3. The second-order valence-corrected chi connectivity index (χ2v) is 4.38. The molecule has 0 unspecified atom stereocenters. The maximum atomic E-state index is 12.7. The Labute approximate surface area is 107 Å². The predicted molar refractivity (Wildman–Crippen MR) is 66.5 cm³/mol. The Kier molecular flexibility index (Phi) is 3.76. The number of hydrogen-bond donors (Lipinski definition) is 1. The van der Waals surface area contributed by atoms with Gasteiger partial charge in [0.15, 0.2) is 0 Å². The van der Waals surface area contributed by atoms with E-state index in [1.807, 2.05) is 6.07 Å². The third kappa shape index (κ3) is 3.05. The van der Waals surface area contributed by atoms with E-state index >= 15 is 0 Å². The summed E-state index contributed by atoms with van der Waals surface area (Å²) in [6, 6.07) is 11.1. The lowest BCUT2D eigenvalue weighted by molar-refractivity contribution is 0.276. The minimum atomic E-state index is -0.311. The van der Waals surface area contributed by atoms with Gasteiger partial charge in [0.25, 0.3) is 0 Å². The molecule has 0 atom stereocenters. The fourth-order valence-corrected chi connectivity index (χ4v) is 1.72. The Balaban J connectivity index is 2.28. The summed E-state index contributed by atoms with van der Waals surface area (Å²) >= 11 is 3.33. The second kappa shape index (κ2) is 5.29. The second-order valence-electron chi connectivity index (χ2n) is 3.47. The molecule has 0 saturated heterocycles. The molecule has 0 saturated carbocycles. The molecule has 0 bridgehead atoms. The van der Waals surface area contributed by atoms with Crippen molar-refractivity contribution in [3.05, 3.63) is 58.3 Å². The van der Waals surface area contributed by atoms with E-state index in [-0.39, 0.29) is 12.4 Å². The Morgan fingerprint density at radius 1 is 1.12 bits per heavy atom. The summed E-state index contributed by atoms with van der Waals surface area (Å²) in [7, 11) is 0. The first-order valence-corrected chi connectivity index (χ1v) is 5.81. The van der Waals surface area contributed by atoms with Gasteiger partial charge in [0.1, 0.15) is 17.3 Å². The molecule has 0 fully saturated rings. The highest BCUT2D eigenvalue weighted by atomic mass is 79.9. The number of halogens is 2. The Bertz CT molecular complexity index is 511. The summed E-state index contributed by atoms with van der Waals surface area (Å²) in [5.74, 6) is 0.765. The Morgan fingerprint density at radius 2 is 1.82 bits per heavy atom. The third-order valence-electron chi connectivity index (χ3n) is 2.24. The molecule has 2 rings (SSSR count). The van der Waals surface area contributed by atoms with E-state index in [0.717, 1.165) is 4.47 Å². The van der Waals surface area contributed by atoms with E-state index in [0.29, 0.717) is 17.1 Å². The number of ether oxygens (including phenoxy) is 1. The van der Waals surface area contributed by atoms with Gasteiger partial charge in [-0.15, -0.1) is 0 Å². The van der Waals surface area contributed by atoms with E-state index in [2.05, 4.69) is 15.9 Å². The number of aliphatic hydroxyl groups is 1. The number of benzene rings is 2. The summed E-state index contributed by atoms with van der Waals surface area (Å²) < 4.78 is 19.2. The molecule has 1 N–H and O–H groups in total. The molecule has 4 heteroatoms. The lowest BCUT2D eigenvalue weighted by atomic mass is 10.2. The molecule has 2 nitrogen and oxygen atoms in total. The number of rotatable bonds is 3. The quantitative estimate of drug-likeness (QED) is 0.931. The molecule has 0 aliphatic heterocycles. The lowest BCUT2D eigenvalue weighted by Gasteiger charge is -2.10. The molecule has 2 aromatic carbocycles. The SMILES string of the molecule is OCc1ccc(Br)cc1Oc1ccc(F)cc1. The van der Waals surface area contributed by atoms with E-state index < -0.39 is 0 Å². The minimum Gasteiger partial charge on any atom is -0.457 e. The van der Waals surface area contributed by atoms with Crippen LogP contribution in [0.25, 0.3) is 0 Å². The fourth-order valence-electron chi connectivity index (χ4n) is 1.38. The van der Waals surface area contributed by atoms with Crippen molar-refractivity contribution in [2.75, 3.05) is 0 Å². The summed E-state index contributed by atoms with van der Waals surface area (Å²) in [5.41, 5.74) is 0.678. The van der Waals surface area contributed by atoms with Gasteiger partial charge >= 0.3 is 0 Å². The molecule has 0 aliphatic carbocycles. The lowest BCUT2D eigenvalue weighted by Crippen LogP contribution is -1.91. The van der Waals surface area contributed by atoms with Crippen molar-refractivity contribution in [1.82, 2.24) is 0 Å². The number of hydrogen-bond acceptors (Lipinski definition) is 2. The van der Waals surface area contributed by atoms with Crippen molar-refractivity contribution in [3.63, 3.8) is 0 Å². The van der Waals surface area contributed by atoms with Crippen molar-refractivity contribution in [2.45, 2.75) is 6.61 Å². The summed E-state index contributed by atoms with van der Waals surface area (Å²) in [6.45, 7) is -0.107. The van der Waals surface area contributed by atoms with Crippen LogP contribution in [0.3, 0.4) is 0 Å². The topological polar surface area (TPSA) is 29.5 Å². The maximum absolute atomic E-state index is 12.7. The van der Waals surface area contributed by atoms with Gasteiger partial charge in [0, 0.05) is 10.0 Å². The van der Waals surface area contributed by atoms with Gasteiger partial charge in [-0.3, -0.25) is 0 Å². The molecule has 88 valence electrons. The summed E-state index contributed by atoms with van der Waals surface area (Å²) in [6.07, 6.45) is 0. The van der Waals surface area contributed by atoms with Gasteiger partial charge in [-0.1, -0.05) is 22.0 Å². The molecule has 17 heavy (non-hydrogen) atoms. The predicted octanol–water partition coefficient (Wildman–Crippen LogP) is 3.87. The fraction of sp³-hybridized carbons (Fsp3) is 0.0769. The van der Waals surface area contributed by atoms with Crippen LogP contribution in [-0.4, -0.2) is 5.11 Å². The van der Waals surface area contributed by atoms with E-state index in [9.17, 15) is 9.50 Å². The standard InChI is InChI=1S/C13H10BrFO2/c14-10-2-1-9(8-16)13(7-10)17-12-5-3-11(15)4-6-12/h1-7,16H,8H2. The zero-order valence-corrected chi connectivity index (χ0v) is 10.4. The first kappa shape index (κ1) is 12.1. The van der Waals surface area contributed by atoms with Crippen LogP contribution in [-0.2, 0) is 6.61 Å². The molecule has 0 aliphatic rings. The van der Waals surface area contributed by atoms with Gasteiger partial charge in [-0.2, -0.15) is 0 Å². The monoisotopic (exact) mass is 296 g/mol. The third-order valence-corrected chi connectivity index (χ3v) is 2.73. The highest BCUT2D eigenvalue weighted by molar-refractivity contribution is 9.10. The zero-order valence-electron chi connectivity index (χ0n) is 8.86. The normalized spacial score (nSPS) is 10.3. The largest absolute Gasteiger partial charge is 0.457 e.